The fraction of sp³-hybridized carbons (Fsp3) is 0.421. The Hall–Kier alpha value is -1.71. The van der Waals surface area contributed by atoms with Gasteiger partial charge in [0.05, 0.1) is 11.6 Å². The third-order valence-electron chi connectivity index (χ3n) is 4.55. The molecule has 2 N–H and O–H groups in total. The van der Waals surface area contributed by atoms with Gasteiger partial charge in [-0.05, 0) is 55.1 Å². The molecule has 0 bridgehead atoms. The van der Waals surface area contributed by atoms with Gasteiger partial charge >= 0.3 is 0 Å². The summed E-state index contributed by atoms with van der Waals surface area (Å²) in [5.41, 5.74) is 1.97. The molecule has 2 aromatic rings. The number of hydrogen-bond acceptors (Lipinski definition) is 5. The van der Waals surface area contributed by atoms with E-state index in [4.69, 9.17) is 5.26 Å². The third-order valence-corrected chi connectivity index (χ3v) is 5.52. The van der Waals surface area contributed by atoms with E-state index in [1.165, 1.54) is 5.56 Å². The molecular weight excluding hydrogens is 318 g/mol. The van der Waals surface area contributed by atoms with Crippen LogP contribution in [-0.4, -0.2) is 35.7 Å². The van der Waals surface area contributed by atoms with Crippen molar-refractivity contribution in [3.8, 4) is 6.07 Å². The predicted octanol–water partition coefficient (Wildman–Crippen LogP) is 2.91. The summed E-state index contributed by atoms with van der Waals surface area (Å²) in [6, 6.07) is 14.5. The molecule has 1 aromatic carbocycles. The van der Waals surface area contributed by atoms with Gasteiger partial charge in [-0.2, -0.15) is 5.26 Å². The Kier molecular flexibility index (Phi) is 6.00. The maximum absolute atomic E-state index is 10.1. The highest BCUT2D eigenvalue weighted by Gasteiger charge is 2.20. The van der Waals surface area contributed by atoms with Gasteiger partial charge in [0.15, 0.2) is 0 Å². The van der Waals surface area contributed by atoms with Crippen LogP contribution in [0.25, 0.3) is 0 Å². The summed E-state index contributed by atoms with van der Waals surface area (Å²) in [6.45, 7) is 3.69. The second kappa shape index (κ2) is 8.41. The van der Waals surface area contributed by atoms with Gasteiger partial charge < -0.3 is 10.4 Å². The first-order chi connectivity index (χ1) is 11.7. The van der Waals surface area contributed by atoms with Crippen molar-refractivity contribution in [3.05, 3.63) is 57.8 Å². The maximum Gasteiger partial charge on any atom is 0.101 e. The van der Waals surface area contributed by atoms with E-state index in [1.807, 2.05) is 41.8 Å². The van der Waals surface area contributed by atoms with Crippen molar-refractivity contribution in [2.45, 2.75) is 31.5 Å². The van der Waals surface area contributed by atoms with Crippen LogP contribution in [0.1, 0.15) is 34.9 Å². The molecule has 5 heteroatoms. The summed E-state index contributed by atoms with van der Waals surface area (Å²) in [7, 11) is 0. The Morgan fingerprint density at radius 3 is 2.62 bits per heavy atom. The number of nitriles is 1. The molecule has 1 saturated heterocycles. The van der Waals surface area contributed by atoms with Crippen molar-refractivity contribution in [2.24, 2.45) is 0 Å². The highest BCUT2D eigenvalue weighted by molar-refractivity contribution is 7.10. The van der Waals surface area contributed by atoms with Gasteiger partial charge in [0.2, 0.25) is 0 Å². The zero-order valence-electron chi connectivity index (χ0n) is 13.7. The number of hydrogen-bond donors (Lipinski definition) is 2. The van der Waals surface area contributed by atoms with E-state index < -0.39 is 6.10 Å². The standard InChI is InChI=1S/C19H23N3OS/c20-12-15-3-5-16(6-4-15)14-22-9-7-17(8-10-22)21-13-18(23)19-2-1-11-24-19/h1-6,11,17-18,21,23H,7-10,13-14H2. The van der Waals surface area contributed by atoms with E-state index >= 15 is 0 Å². The lowest BCUT2D eigenvalue weighted by Gasteiger charge is -2.32. The van der Waals surface area contributed by atoms with Crippen LogP contribution in [0.5, 0.6) is 0 Å². The second-order valence-corrected chi connectivity index (χ2v) is 7.28. The SMILES string of the molecule is N#Cc1ccc(CN2CCC(NCC(O)c3cccs3)CC2)cc1. The first kappa shape index (κ1) is 17.1. The molecule has 1 aromatic heterocycles. The van der Waals surface area contributed by atoms with Gasteiger partial charge in [-0.15, -0.1) is 11.3 Å². The minimum absolute atomic E-state index is 0.401. The number of nitrogens with zero attached hydrogens (tertiary/aromatic N) is 2. The normalized spacial score (nSPS) is 17.5. The van der Waals surface area contributed by atoms with Gasteiger partial charge in [-0.1, -0.05) is 18.2 Å². The van der Waals surface area contributed by atoms with E-state index in [1.54, 1.807) is 11.3 Å². The van der Waals surface area contributed by atoms with Crippen LogP contribution < -0.4 is 5.32 Å². The minimum atomic E-state index is -0.401. The molecule has 0 saturated carbocycles. The van der Waals surface area contributed by atoms with Gasteiger partial charge in [-0.3, -0.25) is 4.90 Å². The number of rotatable bonds is 6. The van der Waals surface area contributed by atoms with Gasteiger partial charge in [-0.25, -0.2) is 0 Å². The third kappa shape index (κ3) is 4.65. The van der Waals surface area contributed by atoms with Gasteiger partial charge in [0.1, 0.15) is 6.10 Å². The van der Waals surface area contributed by atoms with Crippen LogP contribution in [0.2, 0.25) is 0 Å². The van der Waals surface area contributed by atoms with E-state index in [0.29, 0.717) is 18.2 Å². The van der Waals surface area contributed by atoms with Crippen molar-refractivity contribution in [2.75, 3.05) is 19.6 Å². The summed E-state index contributed by atoms with van der Waals surface area (Å²) in [5, 5.41) is 24.5. The summed E-state index contributed by atoms with van der Waals surface area (Å²) in [5.74, 6) is 0. The Bertz CT molecular complexity index is 655. The molecule has 1 aliphatic rings. The first-order valence-corrected chi connectivity index (χ1v) is 9.29. The summed E-state index contributed by atoms with van der Waals surface area (Å²) < 4.78 is 0. The number of piperidine rings is 1. The molecule has 3 rings (SSSR count). The molecule has 4 nitrogen and oxygen atoms in total. The molecule has 1 atom stereocenters. The Balaban J connectivity index is 1.40. The Labute approximate surface area is 147 Å². The van der Waals surface area contributed by atoms with Crippen LogP contribution in [0.15, 0.2) is 41.8 Å². The maximum atomic E-state index is 10.1. The molecule has 24 heavy (non-hydrogen) atoms. The largest absolute Gasteiger partial charge is 0.386 e. The van der Waals surface area contributed by atoms with Crippen LogP contribution >= 0.6 is 11.3 Å². The lowest BCUT2D eigenvalue weighted by molar-refractivity contribution is 0.151. The molecule has 1 aliphatic heterocycles. The van der Waals surface area contributed by atoms with Crippen LogP contribution in [0.3, 0.4) is 0 Å². The zero-order valence-corrected chi connectivity index (χ0v) is 14.5. The Morgan fingerprint density at radius 1 is 1.25 bits per heavy atom. The number of aliphatic hydroxyl groups is 1. The lowest BCUT2D eigenvalue weighted by Crippen LogP contribution is -2.43. The highest BCUT2D eigenvalue weighted by Crippen LogP contribution is 2.19. The second-order valence-electron chi connectivity index (χ2n) is 6.30. The minimum Gasteiger partial charge on any atom is -0.386 e. The number of benzene rings is 1. The number of thiophene rings is 1. The average Bonchev–Trinajstić information content (AvgIpc) is 3.16. The van der Waals surface area contributed by atoms with Gasteiger partial charge in [0, 0.05) is 24.0 Å². The van der Waals surface area contributed by atoms with Crippen molar-refractivity contribution >= 4 is 11.3 Å². The molecule has 1 fully saturated rings. The van der Waals surface area contributed by atoms with E-state index in [2.05, 4.69) is 16.3 Å². The molecule has 0 spiro atoms. The smallest absolute Gasteiger partial charge is 0.101 e. The number of likely N-dealkylation sites (tertiary alicyclic amines) is 1. The van der Waals surface area contributed by atoms with Crippen molar-refractivity contribution < 1.29 is 5.11 Å². The first-order valence-electron chi connectivity index (χ1n) is 8.41. The van der Waals surface area contributed by atoms with Crippen molar-refractivity contribution in [3.63, 3.8) is 0 Å². The summed E-state index contributed by atoms with van der Waals surface area (Å²) in [6.07, 6.45) is 1.81. The molecule has 0 amide bonds. The van der Waals surface area contributed by atoms with Gasteiger partial charge in [0.25, 0.3) is 0 Å². The topological polar surface area (TPSA) is 59.3 Å². The summed E-state index contributed by atoms with van der Waals surface area (Å²) in [4.78, 5) is 3.48. The van der Waals surface area contributed by atoms with Crippen molar-refractivity contribution in [1.29, 1.82) is 5.26 Å². The van der Waals surface area contributed by atoms with E-state index in [9.17, 15) is 5.11 Å². The average molecular weight is 341 g/mol. The molecule has 0 aliphatic carbocycles. The molecular formula is C19H23N3OS. The predicted molar refractivity (Wildman–Crippen MR) is 96.7 cm³/mol. The zero-order chi connectivity index (χ0) is 16.8. The molecule has 2 heterocycles. The number of aliphatic hydroxyl groups excluding tert-OH is 1. The fourth-order valence-electron chi connectivity index (χ4n) is 3.10. The molecule has 126 valence electrons. The lowest BCUT2D eigenvalue weighted by atomic mass is 10.0. The number of nitrogens with one attached hydrogen (secondary N) is 1. The summed E-state index contributed by atoms with van der Waals surface area (Å²) >= 11 is 1.60. The van der Waals surface area contributed by atoms with Crippen LogP contribution in [0, 0.1) is 11.3 Å². The highest BCUT2D eigenvalue weighted by atomic mass is 32.1. The Morgan fingerprint density at radius 2 is 2.00 bits per heavy atom. The monoisotopic (exact) mass is 341 g/mol. The molecule has 1 unspecified atom stereocenters. The quantitative estimate of drug-likeness (QED) is 0.848. The molecule has 0 radical (unpaired) electrons. The fourth-order valence-corrected chi connectivity index (χ4v) is 3.81. The van der Waals surface area contributed by atoms with Crippen LogP contribution in [-0.2, 0) is 6.54 Å². The van der Waals surface area contributed by atoms with E-state index in [0.717, 1.165) is 37.4 Å². The van der Waals surface area contributed by atoms with E-state index in [-0.39, 0.29) is 0 Å². The van der Waals surface area contributed by atoms with Crippen molar-refractivity contribution in [1.82, 2.24) is 10.2 Å². The van der Waals surface area contributed by atoms with Crippen LogP contribution in [0.4, 0.5) is 0 Å².